The van der Waals surface area contributed by atoms with Crippen LogP contribution in [0.15, 0.2) is 78.4 Å². The minimum atomic E-state index is -0.824. The van der Waals surface area contributed by atoms with Crippen LogP contribution in [0.2, 0.25) is 0 Å². The van der Waals surface area contributed by atoms with Gasteiger partial charge in [-0.1, -0.05) is 42.0 Å². The number of phenolic OH excluding ortho intramolecular Hbond substituents is 1. The van der Waals surface area contributed by atoms with Gasteiger partial charge in [-0.3, -0.25) is 14.5 Å². The van der Waals surface area contributed by atoms with E-state index < -0.39 is 17.7 Å². The number of benzene rings is 3. The van der Waals surface area contributed by atoms with E-state index in [9.17, 15) is 19.8 Å². The molecule has 3 aromatic rings. The summed E-state index contributed by atoms with van der Waals surface area (Å²) < 4.78 is 11.3. The molecule has 1 amide bonds. The summed E-state index contributed by atoms with van der Waals surface area (Å²) in [6.45, 7) is 6.04. The molecule has 2 fully saturated rings. The van der Waals surface area contributed by atoms with Crippen molar-refractivity contribution in [2.45, 2.75) is 19.6 Å². The lowest BCUT2D eigenvalue weighted by Gasteiger charge is -2.31. The lowest BCUT2D eigenvalue weighted by atomic mass is 9.95. The molecule has 0 saturated carbocycles. The number of hydrogen-bond donors (Lipinski definition) is 2. The van der Waals surface area contributed by atoms with Crippen molar-refractivity contribution in [3.8, 4) is 11.5 Å². The van der Waals surface area contributed by atoms with Crippen LogP contribution in [0, 0.1) is 6.92 Å². The van der Waals surface area contributed by atoms with E-state index in [2.05, 4.69) is 11.0 Å². The molecule has 202 valence electrons. The molecule has 1 atom stereocenters. The second kappa shape index (κ2) is 11.7. The zero-order chi connectivity index (χ0) is 27.4. The molecule has 2 N–H and O–H groups in total. The molecule has 0 radical (unpaired) electrons. The zero-order valence-corrected chi connectivity index (χ0v) is 21.9. The van der Waals surface area contributed by atoms with Gasteiger partial charge in [-0.05, 0) is 54.4 Å². The third-order valence-electron chi connectivity index (χ3n) is 7.10. The number of carbonyl (C=O) groups is 2. The standard InChI is InChI=1S/C31H32N2O6/c1-21-4-2-5-22(18-21)20-39-26-10-8-23(9-11-26)29(35)27-28(24-6-3-7-25(34)19-24)33(31(37)30(27)36)13-12-32-14-16-38-17-15-32/h2-11,18-19,28,34-35H,12-17,20H2,1H3/b29-27-. The third kappa shape index (κ3) is 5.97. The maximum atomic E-state index is 13.3. The number of aliphatic hydroxyl groups is 1. The molecular formula is C31H32N2O6. The van der Waals surface area contributed by atoms with Crippen LogP contribution in [0.4, 0.5) is 0 Å². The van der Waals surface area contributed by atoms with E-state index in [0.29, 0.717) is 49.8 Å². The van der Waals surface area contributed by atoms with Crippen molar-refractivity contribution in [1.82, 2.24) is 9.80 Å². The van der Waals surface area contributed by atoms with Crippen LogP contribution >= 0.6 is 0 Å². The Labute approximate surface area is 227 Å². The predicted molar refractivity (Wildman–Crippen MR) is 146 cm³/mol. The van der Waals surface area contributed by atoms with Crippen molar-refractivity contribution in [3.63, 3.8) is 0 Å². The first-order valence-corrected chi connectivity index (χ1v) is 13.1. The number of carbonyl (C=O) groups excluding carboxylic acids is 2. The van der Waals surface area contributed by atoms with Crippen molar-refractivity contribution in [2.24, 2.45) is 0 Å². The van der Waals surface area contributed by atoms with E-state index >= 15 is 0 Å². The summed E-state index contributed by atoms with van der Waals surface area (Å²) in [5.74, 6) is -1.05. The number of nitrogens with zero attached hydrogens (tertiary/aromatic N) is 2. The van der Waals surface area contributed by atoms with Gasteiger partial charge < -0.3 is 24.6 Å². The van der Waals surface area contributed by atoms with Crippen LogP contribution in [0.5, 0.6) is 11.5 Å². The van der Waals surface area contributed by atoms with Gasteiger partial charge >= 0.3 is 0 Å². The van der Waals surface area contributed by atoms with Gasteiger partial charge in [-0.25, -0.2) is 0 Å². The average molecular weight is 529 g/mol. The van der Waals surface area contributed by atoms with Gasteiger partial charge in [0.15, 0.2) is 0 Å². The molecule has 0 bridgehead atoms. The number of morpholine rings is 1. The minimum absolute atomic E-state index is 0.000932. The number of ketones is 1. The molecule has 0 aromatic heterocycles. The number of aromatic hydroxyl groups is 1. The van der Waals surface area contributed by atoms with Crippen molar-refractivity contribution in [3.05, 3.63) is 101 Å². The van der Waals surface area contributed by atoms with Gasteiger partial charge in [0.2, 0.25) is 0 Å². The molecule has 2 heterocycles. The van der Waals surface area contributed by atoms with Gasteiger partial charge in [-0.2, -0.15) is 0 Å². The Balaban J connectivity index is 1.41. The van der Waals surface area contributed by atoms with E-state index in [4.69, 9.17) is 9.47 Å². The van der Waals surface area contributed by atoms with Crippen LogP contribution in [-0.4, -0.2) is 71.1 Å². The number of Topliss-reactive ketones (excluding diaryl/α,β-unsaturated/α-hetero) is 1. The number of amides is 1. The van der Waals surface area contributed by atoms with E-state index in [0.717, 1.165) is 24.2 Å². The SMILES string of the molecule is Cc1cccc(COc2ccc(/C(O)=C3/C(=O)C(=O)N(CCN4CCOCC4)C3c3cccc(O)c3)cc2)c1. The molecule has 3 aromatic carbocycles. The van der Waals surface area contributed by atoms with Gasteiger partial charge in [0.25, 0.3) is 11.7 Å². The van der Waals surface area contributed by atoms with E-state index in [1.54, 1.807) is 36.4 Å². The van der Waals surface area contributed by atoms with E-state index in [1.807, 2.05) is 25.1 Å². The predicted octanol–water partition coefficient (Wildman–Crippen LogP) is 4.03. The van der Waals surface area contributed by atoms with Crippen molar-refractivity contribution in [2.75, 3.05) is 39.4 Å². The first-order chi connectivity index (χ1) is 18.9. The number of rotatable bonds is 8. The van der Waals surface area contributed by atoms with E-state index in [-0.39, 0.29) is 17.1 Å². The molecule has 2 saturated heterocycles. The molecular weight excluding hydrogens is 496 g/mol. The highest BCUT2D eigenvalue weighted by molar-refractivity contribution is 6.46. The van der Waals surface area contributed by atoms with Crippen LogP contribution in [0.1, 0.15) is 28.3 Å². The maximum Gasteiger partial charge on any atom is 0.295 e. The smallest absolute Gasteiger partial charge is 0.295 e. The highest BCUT2D eigenvalue weighted by Crippen LogP contribution is 2.40. The number of aliphatic hydroxyl groups excluding tert-OH is 1. The number of likely N-dealkylation sites (tertiary alicyclic amines) is 1. The number of aryl methyl sites for hydroxylation is 1. The minimum Gasteiger partial charge on any atom is -0.508 e. The Morgan fingerprint density at radius 1 is 0.974 bits per heavy atom. The quantitative estimate of drug-likeness (QED) is 0.259. The van der Waals surface area contributed by atoms with Crippen molar-refractivity contribution < 1.29 is 29.3 Å². The highest BCUT2D eigenvalue weighted by Gasteiger charge is 2.46. The second-order valence-corrected chi connectivity index (χ2v) is 9.84. The van der Waals surface area contributed by atoms with Gasteiger partial charge in [-0.15, -0.1) is 0 Å². The maximum absolute atomic E-state index is 13.3. The molecule has 2 aliphatic rings. The molecule has 39 heavy (non-hydrogen) atoms. The summed E-state index contributed by atoms with van der Waals surface area (Å²) in [7, 11) is 0. The fourth-order valence-corrected chi connectivity index (χ4v) is 5.06. The van der Waals surface area contributed by atoms with Crippen LogP contribution in [-0.2, 0) is 20.9 Å². The average Bonchev–Trinajstić information content (AvgIpc) is 3.20. The molecule has 2 aliphatic heterocycles. The van der Waals surface area contributed by atoms with Gasteiger partial charge in [0.05, 0.1) is 24.8 Å². The summed E-state index contributed by atoms with van der Waals surface area (Å²) in [5, 5.41) is 21.5. The Morgan fingerprint density at radius 3 is 2.44 bits per heavy atom. The fraction of sp³-hybridized carbons (Fsp3) is 0.290. The molecule has 1 unspecified atom stereocenters. The third-order valence-corrected chi connectivity index (χ3v) is 7.10. The van der Waals surface area contributed by atoms with Gasteiger partial charge in [0, 0.05) is 31.7 Å². The monoisotopic (exact) mass is 528 g/mol. The molecule has 8 nitrogen and oxygen atoms in total. The Kier molecular flexibility index (Phi) is 7.95. The summed E-state index contributed by atoms with van der Waals surface area (Å²) in [5.41, 5.74) is 3.15. The highest BCUT2D eigenvalue weighted by atomic mass is 16.5. The largest absolute Gasteiger partial charge is 0.508 e. The number of phenols is 1. The number of ether oxygens (including phenoxy) is 2. The first kappa shape index (κ1) is 26.5. The van der Waals surface area contributed by atoms with Crippen molar-refractivity contribution in [1.29, 1.82) is 0 Å². The van der Waals surface area contributed by atoms with Crippen molar-refractivity contribution >= 4 is 17.4 Å². The second-order valence-electron chi connectivity index (χ2n) is 9.84. The summed E-state index contributed by atoms with van der Waals surface area (Å²) in [4.78, 5) is 30.1. The van der Waals surface area contributed by atoms with Crippen LogP contribution in [0.3, 0.4) is 0 Å². The van der Waals surface area contributed by atoms with Gasteiger partial charge in [0.1, 0.15) is 23.9 Å². The lowest BCUT2D eigenvalue weighted by Crippen LogP contribution is -2.42. The van der Waals surface area contributed by atoms with E-state index in [1.165, 1.54) is 17.0 Å². The first-order valence-electron chi connectivity index (χ1n) is 13.1. The lowest BCUT2D eigenvalue weighted by molar-refractivity contribution is -0.140. The summed E-state index contributed by atoms with van der Waals surface area (Å²) in [6.07, 6.45) is 0. The molecule has 5 rings (SSSR count). The molecule has 8 heteroatoms. The zero-order valence-electron chi connectivity index (χ0n) is 21.9. The normalized spacial score (nSPS) is 19.4. The summed E-state index contributed by atoms with van der Waals surface area (Å²) in [6, 6.07) is 20.5. The topological polar surface area (TPSA) is 99.5 Å². The Bertz CT molecular complexity index is 1380. The fourth-order valence-electron chi connectivity index (χ4n) is 5.06. The van der Waals surface area contributed by atoms with Crippen LogP contribution in [0.25, 0.3) is 5.76 Å². The summed E-state index contributed by atoms with van der Waals surface area (Å²) >= 11 is 0. The Hall–Kier alpha value is -4.14. The van der Waals surface area contributed by atoms with Crippen LogP contribution < -0.4 is 4.74 Å². The number of hydrogen-bond acceptors (Lipinski definition) is 7. The molecule has 0 spiro atoms. The Morgan fingerprint density at radius 2 is 1.72 bits per heavy atom. The molecule has 0 aliphatic carbocycles.